The van der Waals surface area contributed by atoms with Gasteiger partial charge in [0.15, 0.2) is 5.84 Å². The minimum absolute atomic E-state index is 0.392. The number of rotatable bonds is 3. The third-order valence-corrected chi connectivity index (χ3v) is 9.38. The number of benzene rings is 6. The Balaban J connectivity index is 1.34. The van der Waals surface area contributed by atoms with Gasteiger partial charge in [-0.1, -0.05) is 103 Å². The number of hydrogen-bond acceptors (Lipinski definition) is 4. The zero-order valence-electron chi connectivity index (χ0n) is 22.5. The van der Waals surface area contributed by atoms with E-state index in [0.29, 0.717) is 0 Å². The molecule has 9 rings (SSSR count). The summed E-state index contributed by atoms with van der Waals surface area (Å²) < 4.78 is 4.85. The van der Waals surface area contributed by atoms with Crippen molar-refractivity contribution in [1.29, 1.82) is 0 Å². The predicted octanol–water partition coefficient (Wildman–Crippen LogP) is 9.27. The first-order valence-electron chi connectivity index (χ1n) is 14.1. The van der Waals surface area contributed by atoms with Crippen LogP contribution in [0.1, 0.15) is 17.4 Å². The van der Waals surface area contributed by atoms with Crippen LogP contribution in [0.15, 0.2) is 143 Å². The molecule has 2 aromatic heterocycles. The van der Waals surface area contributed by atoms with E-state index in [2.05, 4.69) is 137 Å². The first kappa shape index (κ1) is 23.4. The summed E-state index contributed by atoms with van der Waals surface area (Å²) in [5.74, 6) is 1.55. The van der Waals surface area contributed by atoms with Crippen molar-refractivity contribution in [3.63, 3.8) is 0 Å². The molecule has 6 aromatic carbocycles. The summed E-state index contributed by atoms with van der Waals surface area (Å²) in [4.78, 5) is 10.5. The number of nitrogens with zero attached hydrogens (tertiary/aromatic N) is 3. The van der Waals surface area contributed by atoms with Crippen molar-refractivity contribution in [2.75, 3.05) is 0 Å². The predicted molar refractivity (Wildman–Crippen MR) is 178 cm³/mol. The van der Waals surface area contributed by atoms with Crippen LogP contribution in [0, 0.1) is 0 Å². The highest BCUT2D eigenvalue weighted by atomic mass is 32.1. The van der Waals surface area contributed by atoms with Gasteiger partial charge in [0.2, 0.25) is 6.29 Å². The summed E-state index contributed by atoms with van der Waals surface area (Å²) in [7, 11) is 0. The molecule has 0 fully saturated rings. The van der Waals surface area contributed by atoms with E-state index in [1.54, 1.807) is 0 Å². The fraction of sp³-hybridized carbons (Fsp3) is 0.0270. The van der Waals surface area contributed by atoms with Gasteiger partial charge in [-0.05, 0) is 41.1 Å². The van der Waals surface area contributed by atoms with E-state index in [4.69, 9.17) is 9.98 Å². The van der Waals surface area contributed by atoms with Crippen molar-refractivity contribution in [3.05, 3.63) is 145 Å². The van der Waals surface area contributed by atoms with Gasteiger partial charge in [0, 0.05) is 42.1 Å². The Morgan fingerprint density at radius 2 is 1.31 bits per heavy atom. The third kappa shape index (κ3) is 3.54. The molecule has 1 aliphatic rings. The average molecular weight is 557 g/mol. The Morgan fingerprint density at radius 3 is 2.19 bits per heavy atom. The topological polar surface area (TPSA) is 41.7 Å². The zero-order chi connectivity index (χ0) is 27.6. The number of aliphatic imine (C=N–C) groups is 2. The smallest absolute Gasteiger partial charge is 0.204 e. The molecule has 1 N–H and O–H groups in total. The molecule has 1 unspecified atom stereocenters. The second-order valence-corrected chi connectivity index (χ2v) is 11.8. The Labute approximate surface area is 245 Å². The normalized spacial score (nSPS) is 15.4. The Kier molecular flexibility index (Phi) is 5.10. The van der Waals surface area contributed by atoms with E-state index in [1.165, 1.54) is 41.7 Å². The lowest BCUT2D eigenvalue weighted by molar-refractivity contribution is 0.516. The lowest BCUT2D eigenvalue weighted by atomic mass is 10.1. The summed E-state index contributed by atoms with van der Waals surface area (Å²) in [5.41, 5.74) is 4.36. The molecule has 42 heavy (non-hydrogen) atoms. The molecule has 4 nitrogen and oxygen atoms in total. The molecule has 1 aliphatic heterocycles. The Hall–Kier alpha value is -5.26. The van der Waals surface area contributed by atoms with Crippen molar-refractivity contribution in [1.82, 2.24) is 9.88 Å². The van der Waals surface area contributed by atoms with Crippen LogP contribution in [-0.2, 0) is 0 Å². The van der Waals surface area contributed by atoms with Gasteiger partial charge >= 0.3 is 0 Å². The second kappa shape index (κ2) is 9.13. The lowest BCUT2D eigenvalue weighted by Gasteiger charge is -2.26. The minimum atomic E-state index is -0.392. The summed E-state index contributed by atoms with van der Waals surface area (Å²) in [5, 5.41) is 11.0. The summed E-state index contributed by atoms with van der Waals surface area (Å²) in [6.07, 6.45) is -0.392. The first-order chi connectivity index (χ1) is 20.8. The molecule has 5 heteroatoms. The highest BCUT2D eigenvalue weighted by Gasteiger charge is 2.25. The van der Waals surface area contributed by atoms with E-state index >= 15 is 0 Å². The van der Waals surface area contributed by atoms with Crippen LogP contribution in [0.25, 0.3) is 52.8 Å². The first-order valence-corrected chi connectivity index (χ1v) is 14.9. The van der Waals surface area contributed by atoms with Gasteiger partial charge in [0.05, 0.1) is 11.0 Å². The molecule has 0 bridgehead atoms. The molecule has 8 aromatic rings. The minimum Gasteiger partial charge on any atom is -0.331 e. The molecule has 0 radical (unpaired) electrons. The number of amidine groups is 2. The number of fused-ring (bicyclic) bond motifs is 7. The zero-order valence-corrected chi connectivity index (χ0v) is 23.3. The summed E-state index contributed by atoms with van der Waals surface area (Å²) >= 11 is 1.82. The van der Waals surface area contributed by atoms with Crippen LogP contribution in [-0.4, -0.2) is 16.2 Å². The number of nitrogens with one attached hydrogen (secondary N) is 1. The van der Waals surface area contributed by atoms with Crippen molar-refractivity contribution in [3.8, 4) is 0 Å². The summed E-state index contributed by atoms with van der Waals surface area (Å²) in [6.45, 7) is 0. The highest BCUT2D eigenvalue weighted by Crippen LogP contribution is 2.38. The van der Waals surface area contributed by atoms with Crippen molar-refractivity contribution in [2.24, 2.45) is 9.98 Å². The molecular formula is C37H24N4S. The van der Waals surface area contributed by atoms with E-state index in [-0.39, 0.29) is 0 Å². The number of aromatic nitrogens is 1. The second-order valence-electron chi connectivity index (χ2n) is 10.7. The molecule has 198 valence electrons. The Morgan fingerprint density at radius 1 is 0.595 bits per heavy atom. The van der Waals surface area contributed by atoms with Gasteiger partial charge in [-0.2, -0.15) is 0 Å². The fourth-order valence-corrected chi connectivity index (χ4v) is 7.47. The molecule has 0 spiro atoms. The van der Waals surface area contributed by atoms with Gasteiger partial charge in [-0.3, -0.25) is 0 Å². The number of thiophene rings is 1. The molecule has 0 aliphatic carbocycles. The monoisotopic (exact) mass is 556 g/mol. The molecule has 3 heterocycles. The van der Waals surface area contributed by atoms with Crippen LogP contribution in [0.2, 0.25) is 0 Å². The molecule has 1 atom stereocenters. The highest BCUT2D eigenvalue weighted by molar-refractivity contribution is 7.25. The maximum absolute atomic E-state index is 5.37. The fourth-order valence-electron chi connectivity index (χ4n) is 6.34. The summed E-state index contributed by atoms with van der Waals surface area (Å²) in [6, 6.07) is 47.2. The number of hydrogen-bond donors (Lipinski definition) is 1. The van der Waals surface area contributed by atoms with Crippen LogP contribution in [0.5, 0.6) is 0 Å². The van der Waals surface area contributed by atoms with Gasteiger partial charge in [-0.25, -0.2) is 9.98 Å². The van der Waals surface area contributed by atoms with Crippen LogP contribution < -0.4 is 5.32 Å². The standard InChI is InChI=1S/C37H24N4S/c1-2-11-23(12-3-1)35-38-36(28-17-10-20-33-34(28)27-16-7-9-19-32(27)42-33)40-37(39-35)41-30-18-8-6-15-26(30)29-21-24-13-4-5-14-25(24)22-31(29)41/h1-22,37H,(H,38,39,40). The van der Waals surface area contributed by atoms with E-state index in [9.17, 15) is 0 Å². The lowest BCUT2D eigenvalue weighted by Crippen LogP contribution is -2.36. The molecule has 0 amide bonds. The number of para-hydroxylation sites is 1. The van der Waals surface area contributed by atoms with Gasteiger partial charge < -0.3 is 9.88 Å². The van der Waals surface area contributed by atoms with E-state index in [0.717, 1.165) is 33.8 Å². The van der Waals surface area contributed by atoms with Crippen LogP contribution >= 0.6 is 11.3 Å². The van der Waals surface area contributed by atoms with Crippen molar-refractivity contribution < 1.29 is 0 Å². The van der Waals surface area contributed by atoms with Crippen molar-refractivity contribution >= 4 is 75.8 Å². The maximum Gasteiger partial charge on any atom is 0.204 e. The average Bonchev–Trinajstić information content (AvgIpc) is 3.59. The quantitative estimate of drug-likeness (QED) is 0.231. The van der Waals surface area contributed by atoms with Gasteiger partial charge in [0.25, 0.3) is 0 Å². The molecular weight excluding hydrogens is 533 g/mol. The third-order valence-electron chi connectivity index (χ3n) is 8.24. The van der Waals surface area contributed by atoms with E-state index < -0.39 is 6.29 Å². The SMILES string of the molecule is c1ccc(C2=NC(c3cccc4sc5ccccc5c34)=NC(n3c4ccccc4c4cc5ccccc5cc43)N2)cc1. The molecule has 0 saturated carbocycles. The Bertz CT molecular complexity index is 2390. The maximum atomic E-state index is 5.37. The van der Waals surface area contributed by atoms with Gasteiger partial charge in [0.1, 0.15) is 5.84 Å². The molecule has 0 saturated heterocycles. The van der Waals surface area contributed by atoms with Crippen molar-refractivity contribution in [2.45, 2.75) is 6.29 Å². The van der Waals surface area contributed by atoms with Gasteiger partial charge in [-0.15, -0.1) is 11.3 Å². The van der Waals surface area contributed by atoms with Crippen LogP contribution in [0.4, 0.5) is 0 Å². The van der Waals surface area contributed by atoms with Crippen LogP contribution in [0.3, 0.4) is 0 Å². The van der Waals surface area contributed by atoms with E-state index in [1.807, 2.05) is 17.4 Å². The largest absolute Gasteiger partial charge is 0.331 e.